The van der Waals surface area contributed by atoms with E-state index in [1.54, 1.807) is 12.1 Å². The number of carbonyl (C=O) groups is 1. The maximum absolute atomic E-state index is 14.1. The third-order valence-corrected chi connectivity index (χ3v) is 4.80. The molecule has 3 nitrogen and oxygen atoms in total. The predicted octanol–water partition coefficient (Wildman–Crippen LogP) is 4.42. The Labute approximate surface area is 144 Å². The first-order chi connectivity index (χ1) is 12.1. The molecule has 2 heterocycles. The smallest absolute Gasteiger partial charge is 0.195 e. The zero-order valence-electron chi connectivity index (χ0n) is 13.5. The maximum atomic E-state index is 14.1. The highest BCUT2D eigenvalue weighted by Crippen LogP contribution is 2.41. The lowest BCUT2D eigenvalue weighted by Crippen LogP contribution is -2.05. The van der Waals surface area contributed by atoms with Gasteiger partial charge in [-0.3, -0.25) is 4.79 Å². The fraction of sp³-hybridized carbons (Fsp3) is 0.143. The molecule has 1 unspecified atom stereocenters. The van der Waals surface area contributed by atoms with Crippen molar-refractivity contribution in [2.75, 3.05) is 0 Å². The van der Waals surface area contributed by atoms with E-state index in [9.17, 15) is 9.18 Å². The number of pyridine rings is 1. The van der Waals surface area contributed by atoms with Gasteiger partial charge in [0.2, 0.25) is 0 Å². The molecule has 122 valence electrons. The molecule has 0 bridgehead atoms. The van der Waals surface area contributed by atoms with Crippen LogP contribution in [0.1, 0.15) is 28.4 Å². The minimum atomic E-state index is -0.301. The van der Waals surface area contributed by atoms with Crippen molar-refractivity contribution in [1.82, 2.24) is 4.98 Å². The minimum Gasteiger partial charge on any atom is -0.489 e. The maximum Gasteiger partial charge on any atom is 0.195 e. The van der Waals surface area contributed by atoms with Crippen LogP contribution in [0, 0.1) is 5.82 Å². The van der Waals surface area contributed by atoms with Gasteiger partial charge in [0.1, 0.15) is 17.7 Å². The van der Waals surface area contributed by atoms with Gasteiger partial charge in [-0.15, -0.1) is 0 Å². The largest absolute Gasteiger partial charge is 0.489 e. The molecule has 3 aromatic rings. The van der Waals surface area contributed by atoms with Crippen LogP contribution >= 0.6 is 0 Å². The summed E-state index contributed by atoms with van der Waals surface area (Å²) in [5.41, 5.74) is 4.85. The summed E-state index contributed by atoms with van der Waals surface area (Å²) in [4.78, 5) is 17.2. The van der Waals surface area contributed by atoms with Gasteiger partial charge < -0.3 is 4.74 Å². The summed E-state index contributed by atoms with van der Waals surface area (Å²) < 4.78 is 20.0. The molecule has 5 rings (SSSR count). The highest BCUT2D eigenvalue weighted by Gasteiger charge is 2.29. The molecule has 1 aromatic heterocycles. The van der Waals surface area contributed by atoms with Crippen LogP contribution in [0.4, 0.5) is 4.39 Å². The van der Waals surface area contributed by atoms with Crippen LogP contribution < -0.4 is 4.74 Å². The van der Waals surface area contributed by atoms with Gasteiger partial charge in [-0.1, -0.05) is 24.3 Å². The summed E-state index contributed by atoms with van der Waals surface area (Å²) in [6, 6.07) is 14.0. The van der Waals surface area contributed by atoms with Gasteiger partial charge in [-0.25, -0.2) is 9.37 Å². The average Bonchev–Trinajstić information content (AvgIpc) is 3.12. The van der Waals surface area contributed by atoms with E-state index in [2.05, 4.69) is 0 Å². The number of rotatable bonds is 1. The summed E-state index contributed by atoms with van der Waals surface area (Å²) >= 11 is 0. The quantitative estimate of drug-likeness (QED) is 0.518. The van der Waals surface area contributed by atoms with Crippen molar-refractivity contribution in [2.45, 2.75) is 19.4 Å². The summed E-state index contributed by atoms with van der Waals surface area (Å²) in [7, 11) is 0. The number of ketones is 1. The van der Waals surface area contributed by atoms with Crippen LogP contribution in [0.5, 0.6) is 5.75 Å². The van der Waals surface area contributed by atoms with Crippen molar-refractivity contribution < 1.29 is 13.9 Å². The van der Waals surface area contributed by atoms with E-state index in [0.717, 1.165) is 11.1 Å². The number of halogens is 1. The Morgan fingerprint density at radius 1 is 1.04 bits per heavy atom. The fourth-order valence-electron chi connectivity index (χ4n) is 3.71. The van der Waals surface area contributed by atoms with Gasteiger partial charge in [-0.05, 0) is 31.2 Å². The molecule has 2 aromatic carbocycles. The van der Waals surface area contributed by atoms with E-state index in [4.69, 9.17) is 9.72 Å². The monoisotopic (exact) mass is 331 g/mol. The van der Waals surface area contributed by atoms with Crippen molar-refractivity contribution in [3.63, 3.8) is 0 Å². The standard InChI is InChI=1S/C21H14FNO2/c1-11-8-12-9-13(22)10-17(21(12)25-11)18-7-6-16-19(23-18)14-4-2-3-5-15(14)20(16)24/h2-7,9-11H,8H2,1H3. The van der Waals surface area contributed by atoms with Crippen molar-refractivity contribution in [3.05, 3.63) is 71.0 Å². The molecule has 1 aliphatic carbocycles. The van der Waals surface area contributed by atoms with E-state index >= 15 is 0 Å². The first-order valence-electron chi connectivity index (χ1n) is 8.26. The van der Waals surface area contributed by atoms with Crippen molar-refractivity contribution >= 4 is 5.78 Å². The summed E-state index contributed by atoms with van der Waals surface area (Å²) in [5, 5.41) is 0. The Bertz CT molecular complexity index is 1060. The summed E-state index contributed by atoms with van der Waals surface area (Å²) in [6.45, 7) is 1.97. The van der Waals surface area contributed by atoms with Crippen LogP contribution in [0.2, 0.25) is 0 Å². The fourth-order valence-corrected chi connectivity index (χ4v) is 3.71. The molecule has 1 aliphatic heterocycles. The molecule has 0 N–H and O–H groups in total. The van der Waals surface area contributed by atoms with Gasteiger partial charge in [0.15, 0.2) is 5.78 Å². The Kier molecular flexibility index (Phi) is 2.86. The third kappa shape index (κ3) is 2.03. The molecule has 0 radical (unpaired) electrons. The van der Waals surface area contributed by atoms with Crippen molar-refractivity contribution in [2.24, 2.45) is 0 Å². The van der Waals surface area contributed by atoms with E-state index < -0.39 is 0 Å². The van der Waals surface area contributed by atoms with Gasteiger partial charge in [0, 0.05) is 34.2 Å². The molecular formula is C21H14FNO2. The number of fused-ring (bicyclic) bond motifs is 4. The zero-order valence-corrected chi connectivity index (χ0v) is 13.5. The second-order valence-electron chi connectivity index (χ2n) is 6.54. The van der Waals surface area contributed by atoms with Gasteiger partial charge in [0.25, 0.3) is 0 Å². The van der Waals surface area contributed by atoms with Crippen LogP contribution in [0.3, 0.4) is 0 Å². The van der Waals surface area contributed by atoms with Gasteiger partial charge in [0.05, 0.1) is 11.4 Å². The van der Waals surface area contributed by atoms with Crippen LogP contribution in [-0.2, 0) is 6.42 Å². The van der Waals surface area contributed by atoms with E-state index in [1.807, 2.05) is 31.2 Å². The summed E-state index contributed by atoms with van der Waals surface area (Å²) in [6.07, 6.45) is 0.707. The number of nitrogens with zero attached hydrogens (tertiary/aromatic N) is 1. The summed E-state index contributed by atoms with van der Waals surface area (Å²) in [5.74, 6) is 0.378. The molecule has 0 saturated carbocycles. The number of aromatic nitrogens is 1. The van der Waals surface area contributed by atoms with Crippen LogP contribution in [0.15, 0.2) is 48.5 Å². The first-order valence-corrected chi connectivity index (χ1v) is 8.26. The lowest BCUT2D eigenvalue weighted by atomic mass is 10.0. The lowest BCUT2D eigenvalue weighted by Gasteiger charge is -2.10. The molecular weight excluding hydrogens is 317 g/mol. The van der Waals surface area contributed by atoms with E-state index in [1.165, 1.54) is 12.1 Å². The molecule has 25 heavy (non-hydrogen) atoms. The Morgan fingerprint density at radius 3 is 2.68 bits per heavy atom. The number of hydrogen-bond acceptors (Lipinski definition) is 3. The molecule has 0 saturated heterocycles. The van der Waals surface area contributed by atoms with Crippen molar-refractivity contribution in [1.29, 1.82) is 0 Å². The van der Waals surface area contributed by atoms with Crippen LogP contribution in [-0.4, -0.2) is 16.9 Å². The zero-order chi connectivity index (χ0) is 17.1. The SMILES string of the molecule is CC1Cc2cc(F)cc(-c3ccc4c(n3)-c3ccccc3C4=O)c2O1. The second-order valence-corrected chi connectivity index (χ2v) is 6.54. The molecule has 0 fully saturated rings. The Balaban J connectivity index is 1.72. The second kappa shape index (κ2) is 4.99. The number of benzene rings is 2. The predicted molar refractivity (Wildman–Crippen MR) is 92.3 cm³/mol. The van der Waals surface area contributed by atoms with E-state index in [0.29, 0.717) is 40.2 Å². The molecule has 0 spiro atoms. The molecule has 4 heteroatoms. The highest BCUT2D eigenvalue weighted by molar-refractivity contribution is 6.21. The number of ether oxygens (including phenoxy) is 1. The Morgan fingerprint density at radius 2 is 1.84 bits per heavy atom. The van der Waals surface area contributed by atoms with E-state index in [-0.39, 0.29) is 17.7 Å². The average molecular weight is 331 g/mol. The van der Waals surface area contributed by atoms with Gasteiger partial charge >= 0.3 is 0 Å². The van der Waals surface area contributed by atoms with Crippen LogP contribution in [0.25, 0.3) is 22.5 Å². The van der Waals surface area contributed by atoms with Gasteiger partial charge in [-0.2, -0.15) is 0 Å². The van der Waals surface area contributed by atoms with Crippen molar-refractivity contribution in [3.8, 4) is 28.3 Å². The molecule has 1 atom stereocenters. The number of hydrogen-bond donors (Lipinski definition) is 0. The molecule has 2 aliphatic rings. The first kappa shape index (κ1) is 14.3. The number of carbonyl (C=O) groups excluding carboxylic acids is 1. The molecule has 0 amide bonds. The third-order valence-electron chi connectivity index (χ3n) is 4.80. The lowest BCUT2D eigenvalue weighted by molar-refractivity contribution is 0.104. The minimum absolute atomic E-state index is 0.0148. The topological polar surface area (TPSA) is 39.2 Å². The Hall–Kier alpha value is -3.01. The highest BCUT2D eigenvalue weighted by atomic mass is 19.1. The normalized spacial score (nSPS) is 17.0.